The molecular formula is C13H20O13. The fourth-order valence-electron chi connectivity index (χ4n) is 2.69. The molecule has 10 unspecified atom stereocenters. The van der Waals surface area contributed by atoms with Crippen LogP contribution in [0.3, 0.4) is 0 Å². The van der Waals surface area contributed by atoms with Gasteiger partial charge in [-0.05, 0) is 0 Å². The summed E-state index contributed by atoms with van der Waals surface area (Å²) < 4.78 is 19.9. The Morgan fingerprint density at radius 1 is 0.731 bits per heavy atom. The molecule has 0 aromatic heterocycles. The zero-order valence-electron chi connectivity index (χ0n) is 13.4. The Bertz CT molecular complexity index is 524. The lowest BCUT2D eigenvalue weighted by molar-refractivity contribution is -0.357. The van der Waals surface area contributed by atoms with E-state index in [0.29, 0.717) is 0 Å². The van der Waals surface area contributed by atoms with Crippen molar-refractivity contribution >= 4 is 11.9 Å². The molecule has 2 fully saturated rings. The number of rotatable bonds is 5. The van der Waals surface area contributed by atoms with Gasteiger partial charge in [-0.2, -0.15) is 0 Å². The van der Waals surface area contributed by atoms with Crippen LogP contribution in [0.4, 0.5) is 0 Å². The van der Waals surface area contributed by atoms with Gasteiger partial charge in [-0.3, -0.25) is 0 Å². The minimum Gasteiger partial charge on any atom is -0.479 e. The third-order valence-corrected chi connectivity index (χ3v) is 4.13. The highest BCUT2D eigenvalue weighted by molar-refractivity contribution is 5.73. The molecule has 0 radical (unpaired) electrons. The number of aliphatic hydroxyl groups is 5. The molecule has 2 saturated heterocycles. The molecule has 7 N–H and O–H groups in total. The Balaban J connectivity index is 2.19. The van der Waals surface area contributed by atoms with Gasteiger partial charge in [0.15, 0.2) is 24.8 Å². The second kappa shape index (κ2) is 8.08. The highest BCUT2D eigenvalue weighted by atomic mass is 16.8. The fraction of sp³-hybridized carbons (Fsp3) is 0.846. The molecule has 26 heavy (non-hydrogen) atoms. The number of carbonyl (C=O) groups is 2. The van der Waals surface area contributed by atoms with Crippen LogP contribution in [0, 0.1) is 0 Å². The maximum atomic E-state index is 11.1. The third-order valence-electron chi connectivity index (χ3n) is 4.13. The summed E-state index contributed by atoms with van der Waals surface area (Å²) in [6.07, 6.45) is -18.4. The van der Waals surface area contributed by atoms with E-state index in [1.807, 2.05) is 0 Å². The van der Waals surface area contributed by atoms with E-state index in [4.69, 9.17) is 29.2 Å². The lowest BCUT2D eigenvalue weighted by Crippen LogP contribution is -2.65. The van der Waals surface area contributed by atoms with Gasteiger partial charge in [0.1, 0.15) is 36.6 Å². The van der Waals surface area contributed by atoms with E-state index >= 15 is 0 Å². The molecule has 150 valence electrons. The van der Waals surface area contributed by atoms with Gasteiger partial charge in [0.05, 0.1) is 0 Å². The molecule has 0 spiro atoms. The summed E-state index contributed by atoms with van der Waals surface area (Å²) in [7, 11) is 1.08. The molecule has 2 aliphatic rings. The summed E-state index contributed by atoms with van der Waals surface area (Å²) in [4.78, 5) is 22.1. The van der Waals surface area contributed by atoms with Crippen LogP contribution in [0.2, 0.25) is 0 Å². The van der Waals surface area contributed by atoms with E-state index < -0.39 is 73.4 Å². The lowest BCUT2D eigenvalue weighted by atomic mass is 9.97. The molecule has 2 rings (SSSR count). The quantitative estimate of drug-likeness (QED) is 0.238. The first-order chi connectivity index (χ1) is 12.1. The maximum absolute atomic E-state index is 11.1. The summed E-state index contributed by atoms with van der Waals surface area (Å²) in [5.41, 5.74) is 0. The predicted octanol–water partition coefficient (Wildman–Crippen LogP) is -4.56. The topological polar surface area (TPSA) is 213 Å². The molecule has 13 heteroatoms. The average molecular weight is 384 g/mol. The molecule has 10 atom stereocenters. The van der Waals surface area contributed by atoms with Crippen LogP contribution in [0.15, 0.2) is 0 Å². The Hall–Kier alpha value is -1.42. The highest BCUT2D eigenvalue weighted by Gasteiger charge is 2.53. The van der Waals surface area contributed by atoms with Gasteiger partial charge in [-0.15, -0.1) is 0 Å². The van der Waals surface area contributed by atoms with Crippen molar-refractivity contribution in [2.45, 2.75) is 61.4 Å². The van der Waals surface area contributed by atoms with Crippen LogP contribution in [0.1, 0.15) is 0 Å². The van der Waals surface area contributed by atoms with Crippen molar-refractivity contribution in [1.29, 1.82) is 0 Å². The first kappa shape index (κ1) is 20.9. The molecule has 0 amide bonds. The number of carboxylic acid groups (broad SMARTS) is 2. The molecule has 0 aliphatic carbocycles. The van der Waals surface area contributed by atoms with Gasteiger partial charge in [-0.25, -0.2) is 9.59 Å². The molecule has 0 bridgehead atoms. The predicted molar refractivity (Wildman–Crippen MR) is 74.5 cm³/mol. The molecular weight excluding hydrogens is 364 g/mol. The molecule has 0 saturated carbocycles. The summed E-state index contributed by atoms with van der Waals surface area (Å²) in [6, 6.07) is 0. The summed E-state index contributed by atoms with van der Waals surface area (Å²) in [5, 5.41) is 67.2. The monoisotopic (exact) mass is 384 g/mol. The summed E-state index contributed by atoms with van der Waals surface area (Å²) in [6.45, 7) is 0. The van der Waals surface area contributed by atoms with E-state index in [-0.39, 0.29) is 0 Å². The number of aliphatic carboxylic acids is 2. The summed E-state index contributed by atoms with van der Waals surface area (Å²) in [5.74, 6) is -3.22. The van der Waals surface area contributed by atoms with Crippen molar-refractivity contribution in [2.24, 2.45) is 0 Å². The molecule has 0 aromatic carbocycles. The number of ether oxygens (including phenoxy) is 4. The van der Waals surface area contributed by atoms with Crippen molar-refractivity contribution < 1.29 is 64.3 Å². The van der Waals surface area contributed by atoms with Crippen LogP contribution in [0.25, 0.3) is 0 Å². The first-order valence-corrected chi connectivity index (χ1v) is 7.45. The summed E-state index contributed by atoms with van der Waals surface area (Å²) >= 11 is 0. The molecule has 0 aromatic rings. The van der Waals surface area contributed by atoms with E-state index in [1.54, 1.807) is 0 Å². The van der Waals surface area contributed by atoms with E-state index in [2.05, 4.69) is 0 Å². The average Bonchev–Trinajstić information content (AvgIpc) is 2.58. The minimum atomic E-state index is -1.95. The van der Waals surface area contributed by atoms with Gasteiger partial charge in [-0.1, -0.05) is 0 Å². The van der Waals surface area contributed by atoms with Crippen LogP contribution < -0.4 is 0 Å². The normalized spacial score (nSPS) is 46.7. The maximum Gasteiger partial charge on any atom is 0.335 e. The number of hydrogen-bond donors (Lipinski definition) is 7. The number of aliphatic hydroxyl groups excluding tert-OH is 5. The number of carboxylic acids is 2. The van der Waals surface area contributed by atoms with Crippen LogP contribution in [-0.4, -0.2) is 116 Å². The smallest absolute Gasteiger partial charge is 0.335 e. The fourth-order valence-corrected chi connectivity index (χ4v) is 2.69. The highest BCUT2D eigenvalue weighted by Crippen LogP contribution is 2.29. The van der Waals surface area contributed by atoms with Crippen molar-refractivity contribution in [1.82, 2.24) is 0 Å². The Morgan fingerprint density at radius 3 is 1.65 bits per heavy atom. The first-order valence-electron chi connectivity index (χ1n) is 7.45. The van der Waals surface area contributed by atoms with Crippen molar-refractivity contribution in [2.75, 3.05) is 7.11 Å². The zero-order valence-corrected chi connectivity index (χ0v) is 13.4. The second-order valence-electron chi connectivity index (χ2n) is 5.82. The molecule has 13 nitrogen and oxygen atoms in total. The number of methoxy groups -OCH3 is 1. The van der Waals surface area contributed by atoms with Crippen LogP contribution in [0.5, 0.6) is 0 Å². The standard InChI is InChI=1S/C13H20O13/c1-23-13-9(5(17)4(16)8(25-13)11(21)22)26-12-6(18)2(14)3(15)7(24-12)10(19)20/h2-9,12-18H,1H3,(H,19,20)(H,21,22). The van der Waals surface area contributed by atoms with Crippen LogP contribution >= 0.6 is 0 Å². The van der Waals surface area contributed by atoms with Crippen molar-refractivity contribution in [3.05, 3.63) is 0 Å². The lowest BCUT2D eigenvalue weighted by Gasteiger charge is -2.44. The van der Waals surface area contributed by atoms with Crippen molar-refractivity contribution in [3.63, 3.8) is 0 Å². The largest absolute Gasteiger partial charge is 0.479 e. The second-order valence-corrected chi connectivity index (χ2v) is 5.82. The van der Waals surface area contributed by atoms with Crippen molar-refractivity contribution in [3.8, 4) is 0 Å². The van der Waals surface area contributed by atoms with E-state index in [9.17, 15) is 35.1 Å². The van der Waals surface area contributed by atoms with Gasteiger partial charge in [0.2, 0.25) is 0 Å². The van der Waals surface area contributed by atoms with Gasteiger partial charge >= 0.3 is 11.9 Å². The van der Waals surface area contributed by atoms with Gasteiger partial charge < -0.3 is 54.7 Å². The Kier molecular flexibility index (Phi) is 6.49. The zero-order chi connectivity index (χ0) is 19.8. The van der Waals surface area contributed by atoms with Gasteiger partial charge in [0.25, 0.3) is 0 Å². The minimum absolute atomic E-state index is 1.08. The van der Waals surface area contributed by atoms with Crippen LogP contribution in [-0.2, 0) is 28.5 Å². The Labute approximate surface area is 145 Å². The third kappa shape index (κ3) is 3.80. The van der Waals surface area contributed by atoms with E-state index in [1.165, 1.54) is 0 Å². The van der Waals surface area contributed by atoms with Gasteiger partial charge in [0, 0.05) is 7.11 Å². The molecule has 2 aliphatic heterocycles. The Morgan fingerprint density at radius 2 is 1.19 bits per heavy atom. The molecule has 2 heterocycles. The number of hydrogen-bond acceptors (Lipinski definition) is 11. The van der Waals surface area contributed by atoms with E-state index in [0.717, 1.165) is 7.11 Å². The SMILES string of the molecule is COC1OC(C(=O)O)C(O)C(O)C1OC1OC(C(=O)O)C(O)C(O)C1O.